The van der Waals surface area contributed by atoms with Gasteiger partial charge in [-0.3, -0.25) is 9.78 Å². The predicted octanol–water partition coefficient (Wildman–Crippen LogP) is 3.85. The molecule has 0 fully saturated rings. The first-order chi connectivity index (χ1) is 9.37. The second-order valence-electron chi connectivity index (χ2n) is 4.03. The van der Waals surface area contributed by atoms with E-state index in [0.717, 1.165) is 0 Å². The minimum absolute atomic E-state index is 0.163. The number of benzene rings is 1. The summed E-state index contributed by atoms with van der Waals surface area (Å²) in [5.41, 5.74) is 0.901. The van der Waals surface area contributed by atoms with Crippen molar-refractivity contribution in [3.63, 3.8) is 0 Å². The van der Waals surface area contributed by atoms with Crippen LogP contribution in [0.15, 0.2) is 42.6 Å². The third-order valence-electron chi connectivity index (χ3n) is 2.56. The van der Waals surface area contributed by atoms with Crippen LogP contribution in [-0.2, 0) is 0 Å². The molecule has 2 rings (SSSR count). The van der Waals surface area contributed by atoms with E-state index in [1.165, 1.54) is 43.5 Å². The summed E-state index contributed by atoms with van der Waals surface area (Å²) in [7, 11) is 0. The maximum atomic E-state index is 12.3. The van der Waals surface area contributed by atoms with Crippen LogP contribution in [-0.4, -0.2) is 17.1 Å². The Morgan fingerprint density at radius 3 is 2.40 bits per heavy atom. The Bertz CT molecular complexity index is 621. The highest BCUT2D eigenvalue weighted by atomic mass is 19.4. The van der Waals surface area contributed by atoms with Gasteiger partial charge in [-0.15, -0.1) is 13.2 Å². The molecule has 0 radical (unpaired) electrons. The highest BCUT2D eigenvalue weighted by Gasteiger charge is 2.32. The van der Waals surface area contributed by atoms with Crippen LogP contribution in [0.3, 0.4) is 0 Å². The summed E-state index contributed by atoms with van der Waals surface area (Å²) in [6.45, 7) is 1.39. The van der Waals surface area contributed by atoms with Gasteiger partial charge < -0.3 is 4.74 Å². The zero-order chi connectivity index (χ0) is 14.8. The van der Waals surface area contributed by atoms with Crippen molar-refractivity contribution in [2.45, 2.75) is 13.3 Å². The first-order valence-corrected chi connectivity index (χ1v) is 5.69. The van der Waals surface area contributed by atoms with Crippen LogP contribution in [0.5, 0.6) is 5.75 Å². The van der Waals surface area contributed by atoms with Gasteiger partial charge in [-0.2, -0.15) is 0 Å². The fourth-order valence-electron chi connectivity index (χ4n) is 1.65. The fraction of sp³-hybridized carbons (Fsp3) is 0.143. The molecule has 0 aliphatic rings. The van der Waals surface area contributed by atoms with Gasteiger partial charge in [-0.05, 0) is 31.2 Å². The number of ketones is 1. The number of hydrogen-bond donors (Lipinski definition) is 0. The number of carbonyl (C=O) groups is 1. The van der Waals surface area contributed by atoms with Gasteiger partial charge in [0.15, 0.2) is 5.78 Å². The number of Topliss-reactive ketones (excluding diaryl/α,β-unsaturated/α-hetero) is 1. The third kappa shape index (κ3) is 3.34. The molecule has 1 aromatic heterocycles. The minimum atomic E-state index is -4.77. The third-order valence-corrected chi connectivity index (χ3v) is 2.56. The Labute approximate surface area is 113 Å². The average Bonchev–Trinajstić information content (AvgIpc) is 2.37. The molecule has 0 aliphatic carbocycles. The molecule has 0 atom stereocenters. The van der Waals surface area contributed by atoms with E-state index in [1.54, 1.807) is 6.07 Å². The summed E-state index contributed by atoms with van der Waals surface area (Å²) in [6.07, 6.45) is -3.45. The Hall–Kier alpha value is -2.37. The molecule has 0 saturated carbocycles. The quantitative estimate of drug-likeness (QED) is 0.802. The van der Waals surface area contributed by atoms with Crippen LogP contribution >= 0.6 is 0 Å². The minimum Gasteiger partial charge on any atom is -0.405 e. The molecule has 1 heterocycles. The molecule has 0 N–H and O–H groups in total. The summed E-state index contributed by atoms with van der Waals surface area (Å²) in [4.78, 5) is 15.1. The molecular formula is C14H10F3NO2. The zero-order valence-corrected chi connectivity index (χ0v) is 10.4. The van der Waals surface area contributed by atoms with Crippen molar-refractivity contribution in [3.8, 4) is 17.0 Å². The highest BCUT2D eigenvalue weighted by Crippen LogP contribution is 2.32. The molecule has 0 saturated heterocycles. The summed E-state index contributed by atoms with van der Waals surface area (Å²) in [6, 6.07) is 8.69. The van der Waals surface area contributed by atoms with Crippen LogP contribution < -0.4 is 4.74 Å². The molecule has 2 aromatic rings. The Kier molecular flexibility index (Phi) is 3.74. The van der Waals surface area contributed by atoms with Gasteiger partial charge in [-0.1, -0.05) is 12.1 Å². The van der Waals surface area contributed by atoms with Gasteiger partial charge in [0, 0.05) is 17.3 Å². The normalized spacial score (nSPS) is 11.2. The number of carbonyl (C=O) groups excluding carboxylic acids is 1. The van der Waals surface area contributed by atoms with E-state index in [4.69, 9.17) is 0 Å². The van der Waals surface area contributed by atoms with Crippen LogP contribution in [0.4, 0.5) is 13.2 Å². The fourth-order valence-corrected chi connectivity index (χ4v) is 1.65. The van der Waals surface area contributed by atoms with Gasteiger partial charge in [0.2, 0.25) is 0 Å². The number of halogens is 3. The summed E-state index contributed by atoms with van der Waals surface area (Å²) in [5.74, 6) is -0.494. The van der Waals surface area contributed by atoms with Crippen molar-refractivity contribution in [2.75, 3.05) is 0 Å². The van der Waals surface area contributed by atoms with E-state index in [0.29, 0.717) is 11.3 Å². The maximum Gasteiger partial charge on any atom is 0.573 e. The largest absolute Gasteiger partial charge is 0.573 e. The molecule has 0 aliphatic heterocycles. The standard InChI is InChI=1S/C14H10F3NO2/c1-9(19)10-6-7-12(18-8-10)11-4-2-3-5-13(11)20-14(15,16)17/h2-8H,1H3. The van der Waals surface area contributed by atoms with Gasteiger partial charge >= 0.3 is 6.36 Å². The Morgan fingerprint density at radius 2 is 1.85 bits per heavy atom. The lowest BCUT2D eigenvalue weighted by Gasteiger charge is -2.12. The second kappa shape index (κ2) is 5.32. The Morgan fingerprint density at radius 1 is 1.15 bits per heavy atom. The van der Waals surface area contributed by atoms with E-state index >= 15 is 0 Å². The number of rotatable bonds is 3. The molecule has 3 nitrogen and oxygen atoms in total. The molecule has 0 spiro atoms. The SMILES string of the molecule is CC(=O)c1ccc(-c2ccccc2OC(F)(F)F)nc1. The van der Waals surface area contributed by atoms with Gasteiger partial charge in [0.05, 0.1) is 5.69 Å². The van der Waals surface area contributed by atoms with E-state index < -0.39 is 6.36 Å². The first-order valence-electron chi connectivity index (χ1n) is 5.69. The molecule has 6 heteroatoms. The zero-order valence-electron chi connectivity index (χ0n) is 10.4. The van der Waals surface area contributed by atoms with E-state index in [2.05, 4.69) is 9.72 Å². The number of nitrogens with zero attached hydrogens (tertiary/aromatic N) is 1. The lowest BCUT2D eigenvalue weighted by molar-refractivity contribution is -0.274. The van der Waals surface area contributed by atoms with Crippen molar-refractivity contribution < 1.29 is 22.7 Å². The van der Waals surface area contributed by atoms with Crippen LogP contribution in [0.1, 0.15) is 17.3 Å². The number of hydrogen-bond acceptors (Lipinski definition) is 3. The summed E-state index contributed by atoms with van der Waals surface area (Å²) >= 11 is 0. The predicted molar refractivity (Wildman–Crippen MR) is 66.4 cm³/mol. The molecule has 0 bridgehead atoms. The van der Waals surface area contributed by atoms with Crippen molar-refractivity contribution in [3.05, 3.63) is 48.2 Å². The van der Waals surface area contributed by atoms with Crippen LogP contribution in [0, 0.1) is 0 Å². The number of para-hydroxylation sites is 1. The lowest BCUT2D eigenvalue weighted by Crippen LogP contribution is -2.17. The van der Waals surface area contributed by atoms with Crippen molar-refractivity contribution in [1.29, 1.82) is 0 Å². The lowest BCUT2D eigenvalue weighted by atomic mass is 10.1. The van der Waals surface area contributed by atoms with Crippen LogP contribution in [0.2, 0.25) is 0 Å². The summed E-state index contributed by atoms with van der Waals surface area (Å²) in [5, 5.41) is 0. The summed E-state index contributed by atoms with van der Waals surface area (Å²) < 4.78 is 40.9. The monoisotopic (exact) mass is 281 g/mol. The van der Waals surface area contributed by atoms with E-state index in [-0.39, 0.29) is 17.1 Å². The molecule has 0 unspecified atom stereocenters. The molecule has 20 heavy (non-hydrogen) atoms. The average molecular weight is 281 g/mol. The molecule has 1 aromatic carbocycles. The molecular weight excluding hydrogens is 271 g/mol. The van der Waals surface area contributed by atoms with Gasteiger partial charge in [0.1, 0.15) is 5.75 Å². The second-order valence-corrected chi connectivity index (χ2v) is 4.03. The van der Waals surface area contributed by atoms with Crippen molar-refractivity contribution in [2.24, 2.45) is 0 Å². The topological polar surface area (TPSA) is 39.2 Å². The van der Waals surface area contributed by atoms with E-state index in [1.807, 2.05) is 0 Å². The smallest absolute Gasteiger partial charge is 0.405 e. The number of pyridine rings is 1. The molecule has 0 amide bonds. The maximum absolute atomic E-state index is 12.3. The Balaban J connectivity index is 2.39. The van der Waals surface area contributed by atoms with Gasteiger partial charge in [-0.25, -0.2) is 0 Å². The number of ether oxygens (including phenoxy) is 1. The van der Waals surface area contributed by atoms with Crippen LogP contribution in [0.25, 0.3) is 11.3 Å². The number of alkyl halides is 3. The van der Waals surface area contributed by atoms with E-state index in [9.17, 15) is 18.0 Å². The van der Waals surface area contributed by atoms with Crippen molar-refractivity contribution in [1.82, 2.24) is 4.98 Å². The molecule has 104 valence electrons. The van der Waals surface area contributed by atoms with Crippen molar-refractivity contribution >= 4 is 5.78 Å². The first kappa shape index (κ1) is 14.0. The van der Waals surface area contributed by atoms with Gasteiger partial charge in [0.25, 0.3) is 0 Å². The number of aromatic nitrogens is 1. The highest BCUT2D eigenvalue weighted by molar-refractivity contribution is 5.94.